The Bertz CT molecular complexity index is 165. The van der Waals surface area contributed by atoms with E-state index in [1.165, 1.54) is 37.0 Å². The maximum absolute atomic E-state index is 9.64. The highest BCUT2D eigenvalue weighted by Gasteiger charge is 2.14. The van der Waals surface area contributed by atoms with Crippen LogP contribution in [0.5, 0.6) is 0 Å². The Morgan fingerprint density at radius 3 is 3.08 bits per heavy atom. The zero-order valence-electron chi connectivity index (χ0n) is 8.46. The molecule has 0 aliphatic heterocycles. The Labute approximate surface area is 85.6 Å². The highest BCUT2D eigenvalue weighted by Crippen LogP contribution is 2.25. The predicted molar refractivity (Wildman–Crippen MR) is 59.9 cm³/mol. The number of hydrogen-bond acceptors (Lipinski definition) is 2. The molecule has 1 fully saturated rings. The van der Waals surface area contributed by atoms with Crippen molar-refractivity contribution in [2.45, 2.75) is 51.6 Å². The second kappa shape index (κ2) is 6.50. The highest BCUT2D eigenvalue weighted by molar-refractivity contribution is 8.02. The summed E-state index contributed by atoms with van der Waals surface area (Å²) in [5.74, 6) is 1.20. The van der Waals surface area contributed by atoms with Gasteiger partial charge in [0, 0.05) is 0 Å². The maximum Gasteiger partial charge on any atom is 0.0758 e. The van der Waals surface area contributed by atoms with Crippen molar-refractivity contribution in [3.63, 3.8) is 0 Å². The molecule has 1 aliphatic carbocycles. The summed E-state index contributed by atoms with van der Waals surface area (Å²) in [5, 5.41) is 11.8. The van der Waals surface area contributed by atoms with Crippen molar-refractivity contribution in [2.24, 2.45) is 0 Å². The number of aliphatic hydroxyl groups excluding tert-OH is 1. The molecule has 0 heterocycles. The van der Waals surface area contributed by atoms with Crippen LogP contribution in [-0.4, -0.2) is 17.0 Å². The Balaban J connectivity index is 2.22. The molecule has 1 atom stereocenters. The third kappa shape index (κ3) is 4.19. The standard InChI is InChI=1S/C11H20OS/c1-2-3-8-13-9-10-6-4-5-7-11(10)12/h9,11-12H,2-8H2,1H3. The van der Waals surface area contributed by atoms with Gasteiger partial charge in [-0.15, -0.1) is 11.8 Å². The predicted octanol–water partition coefficient (Wildman–Crippen LogP) is 3.34. The number of thioether (sulfide) groups is 1. The number of aliphatic hydroxyl groups is 1. The van der Waals surface area contributed by atoms with Crippen LogP contribution in [0, 0.1) is 0 Å². The van der Waals surface area contributed by atoms with Gasteiger partial charge in [-0.05, 0) is 42.4 Å². The Morgan fingerprint density at radius 1 is 1.54 bits per heavy atom. The van der Waals surface area contributed by atoms with Crippen LogP contribution >= 0.6 is 11.8 Å². The molecule has 1 unspecified atom stereocenters. The topological polar surface area (TPSA) is 20.2 Å². The van der Waals surface area contributed by atoms with Crippen molar-refractivity contribution in [1.29, 1.82) is 0 Å². The van der Waals surface area contributed by atoms with Crippen molar-refractivity contribution in [1.82, 2.24) is 0 Å². The molecule has 0 aromatic carbocycles. The lowest BCUT2D eigenvalue weighted by molar-refractivity contribution is 0.179. The van der Waals surface area contributed by atoms with E-state index in [1.807, 2.05) is 11.8 Å². The fourth-order valence-electron chi connectivity index (χ4n) is 1.55. The summed E-state index contributed by atoms with van der Waals surface area (Å²) in [4.78, 5) is 0. The molecule has 0 saturated heterocycles. The monoisotopic (exact) mass is 200 g/mol. The number of rotatable bonds is 4. The molecule has 0 radical (unpaired) electrons. The maximum atomic E-state index is 9.64. The summed E-state index contributed by atoms with van der Waals surface area (Å²) in [7, 11) is 0. The zero-order valence-corrected chi connectivity index (χ0v) is 9.28. The Hall–Kier alpha value is 0.0500. The van der Waals surface area contributed by atoms with E-state index in [0.717, 1.165) is 12.8 Å². The lowest BCUT2D eigenvalue weighted by Gasteiger charge is -2.20. The van der Waals surface area contributed by atoms with Crippen molar-refractivity contribution < 1.29 is 5.11 Å². The third-order valence-corrected chi connectivity index (χ3v) is 3.47. The van der Waals surface area contributed by atoms with Crippen LogP contribution in [0.2, 0.25) is 0 Å². The minimum Gasteiger partial charge on any atom is -0.389 e. The average molecular weight is 200 g/mol. The molecule has 1 nitrogen and oxygen atoms in total. The fraction of sp³-hybridized carbons (Fsp3) is 0.818. The molecule has 1 aliphatic rings. The van der Waals surface area contributed by atoms with Gasteiger partial charge in [-0.2, -0.15) is 0 Å². The van der Waals surface area contributed by atoms with E-state index >= 15 is 0 Å². The molecule has 0 aromatic rings. The molecular weight excluding hydrogens is 180 g/mol. The van der Waals surface area contributed by atoms with Gasteiger partial charge in [0.05, 0.1) is 6.10 Å². The summed E-state index contributed by atoms with van der Waals surface area (Å²) in [6.07, 6.45) is 6.95. The van der Waals surface area contributed by atoms with Gasteiger partial charge < -0.3 is 5.11 Å². The normalized spacial score (nSPS) is 26.6. The second-order valence-corrected chi connectivity index (χ2v) is 4.66. The van der Waals surface area contributed by atoms with Crippen LogP contribution in [0.4, 0.5) is 0 Å². The minimum absolute atomic E-state index is 0.136. The van der Waals surface area contributed by atoms with Gasteiger partial charge >= 0.3 is 0 Å². The van der Waals surface area contributed by atoms with Crippen molar-refractivity contribution in [3.05, 3.63) is 11.0 Å². The second-order valence-electron chi connectivity index (χ2n) is 3.68. The van der Waals surface area contributed by atoms with Crippen LogP contribution in [0.1, 0.15) is 45.4 Å². The molecule has 76 valence electrons. The van der Waals surface area contributed by atoms with Gasteiger partial charge in [0.15, 0.2) is 0 Å². The number of unbranched alkanes of at least 4 members (excludes halogenated alkanes) is 1. The molecular formula is C11H20OS. The minimum atomic E-state index is -0.136. The number of hydrogen-bond donors (Lipinski definition) is 1. The molecule has 0 bridgehead atoms. The quantitative estimate of drug-likeness (QED) is 0.702. The lowest BCUT2D eigenvalue weighted by Crippen LogP contribution is -2.14. The summed E-state index contributed by atoms with van der Waals surface area (Å²) >= 11 is 1.87. The highest BCUT2D eigenvalue weighted by atomic mass is 32.2. The first-order chi connectivity index (χ1) is 6.34. The molecule has 1 rings (SSSR count). The van der Waals surface area contributed by atoms with Crippen LogP contribution in [0.3, 0.4) is 0 Å². The van der Waals surface area contributed by atoms with E-state index < -0.39 is 0 Å². The van der Waals surface area contributed by atoms with Gasteiger partial charge in [0.1, 0.15) is 0 Å². The van der Waals surface area contributed by atoms with Crippen LogP contribution in [0.25, 0.3) is 0 Å². The van der Waals surface area contributed by atoms with E-state index in [1.54, 1.807) is 0 Å². The van der Waals surface area contributed by atoms with Crippen LogP contribution in [0.15, 0.2) is 11.0 Å². The average Bonchev–Trinajstić information content (AvgIpc) is 2.15. The molecule has 0 aromatic heterocycles. The van der Waals surface area contributed by atoms with Gasteiger partial charge in [0.25, 0.3) is 0 Å². The van der Waals surface area contributed by atoms with Gasteiger partial charge in [-0.1, -0.05) is 19.8 Å². The van der Waals surface area contributed by atoms with E-state index in [9.17, 15) is 5.11 Å². The van der Waals surface area contributed by atoms with E-state index in [4.69, 9.17) is 0 Å². The summed E-state index contributed by atoms with van der Waals surface area (Å²) < 4.78 is 0. The van der Waals surface area contributed by atoms with Gasteiger partial charge in [-0.25, -0.2) is 0 Å². The van der Waals surface area contributed by atoms with Crippen molar-refractivity contribution >= 4 is 11.8 Å². The van der Waals surface area contributed by atoms with Crippen LogP contribution < -0.4 is 0 Å². The Kier molecular flexibility index (Phi) is 5.56. The van der Waals surface area contributed by atoms with E-state index in [0.29, 0.717) is 0 Å². The first-order valence-electron chi connectivity index (χ1n) is 5.33. The first kappa shape index (κ1) is 11.1. The van der Waals surface area contributed by atoms with Gasteiger partial charge in [-0.3, -0.25) is 0 Å². The van der Waals surface area contributed by atoms with Crippen molar-refractivity contribution in [3.8, 4) is 0 Å². The third-order valence-electron chi connectivity index (χ3n) is 2.47. The molecule has 13 heavy (non-hydrogen) atoms. The first-order valence-corrected chi connectivity index (χ1v) is 6.38. The van der Waals surface area contributed by atoms with Gasteiger partial charge in [0.2, 0.25) is 0 Å². The SMILES string of the molecule is CCCCSC=C1CCCCC1O. The summed E-state index contributed by atoms with van der Waals surface area (Å²) in [6, 6.07) is 0. The van der Waals surface area contributed by atoms with Crippen LogP contribution in [-0.2, 0) is 0 Å². The van der Waals surface area contributed by atoms with E-state index in [-0.39, 0.29) is 6.10 Å². The molecule has 2 heteroatoms. The smallest absolute Gasteiger partial charge is 0.0758 e. The largest absolute Gasteiger partial charge is 0.389 e. The lowest BCUT2D eigenvalue weighted by atomic mass is 9.94. The van der Waals surface area contributed by atoms with E-state index in [2.05, 4.69) is 12.3 Å². The zero-order chi connectivity index (χ0) is 9.52. The van der Waals surface area contributed by atoms with Crippen molar-refractivity contribution in [2.75, 3.05) is 5.75 Å². The summed E-state index contributed by atoms with van der Waals surface area (Å²) in [5.41, 5.74) is 1.27. The fourth-order valence-corrected chi connectivity index (χ4v) is 2.61. The molecule has 0 amide bonds. The summed E-state index contributed by atoms with van der Waals surface area (Å²) in [6.45, 7) is 2.21. The molecule has 1 N–H and O–H groups in total. The molecule has 0 spiro atoms. The Morgan fingerprint density at radius 2 is 2.38 bits per heavy atom. The molecule has 1 saturated carbocycles.